The van der Waals surface area contributed by atoms with E-state index >= 15 is 0 Å². The molecular weight excluding hydrogens is 340 g/mol. The third-order valence-electron chi connectivity index (χ3n) is 5.12. The minimum atomic E-state index is -0.146. The van der Waals surface area contributed by atoms with Crippen LogP contribution in [0.3, 0.4) is 0 Å². The zero-order valence-electron chi connectivity index (χ0n) is 14.2. The highest BCUT2D eigenvalue weighted by Crippen LogP contribution is 2.37. The van der Waals surface area contributed by atoms with E-state index in [1.807, 2.05) is 24.3 Å². The van der Waals surface area contributed by atoms with Crippen LogP contribution >= 0.6 is 11.6 Å². The fourth-order valence-corrected chi connectivity index (χ4v) is 4.00. The molecule has 0 bridgehead atoms. The molecular formula is C19H23ClN2O3. The summed E-state index contributed by atoms with van der Waals surface area (Å²) in [6.45, 7) is 0.694. The van der Waals surface area contributed by atoms with Crippen molar-refractivity contribution in [2.24, 2.45) is 11.8 Å². The summed E-state index contributed by atoms with van der Waals surface area (Å²) < 4.78 is 0. The van der Waals surface area contributed by atoms with Crippen LogP contribution in [0.15, 0.2) is 24.3 Å². The predicted molar refractivity (Wildman–Crippen MR) is 95.0 cm³/mol. The molecule has 2 aliphatic rings. The maximum absolute atomic E-state index is 12.4. The number of hydrogen-bond donors (Lipinski definition) is 1. The number of carbonyl (C=O) groups excluding carboxylic acids is 3. The summed E-state index contributed by atoms with van der Waals surface area (Å²) in [7, 11) is 0. The van der Waals surface area contributed by atoms with E-state index < -0.39 is 0 Å². The Balaban J connectivity index is 1.43. The van der Waals surface area contributed by atoms with Crippen molar-refractivity contribution >= 4 is 29.3 Å². The summed E-state index contributed by atoms with van der Waals surface area (Å²) in [5.74, 6) is -0.598. The molecule has 2 atom stereocenters. The quantitative estimate of drug-likeness (QED) is 0.791. The van der Waals surface area contributed by atoms with E-state index in [9.17, 15) is 14.4 Å². The van der Waals surface area contributed by atoms with Crippen molar-refractivity contribution in [3.63, 3.8) is 0 Å². The van der Waals surface area contributed by atoms with Gasteiger partial charge >= 0.3 is 0 Å². The summed E-state index contributed by atoms with van der Waals surface area (Å²) in [6.07, 6.45) is 4.48. The van der Waals surface area contributed by atoms with Gasteiger partial charge in [0.15, 0.2) is 0 Å². The molecule has 1 aromatic rings. The maximum atomic E-state index is 12.4. The van der Waals surface area contributed by atoms with Gasteiger partial charge in [0.25, 0.3) is 0 Å². The minimum Gasteiger partial charge on any atom is -0.356 e. The van der Waals surface area contributed by atoms with Crippen LogP contribution in [-0.4, -0.2) is 35.7 Å². The van der Waals surface area contributed by atoms with Crippen molar-refractivity contribution < 1.29 is 14.4 Å². The summed E-state index contributed by atoms with van der Waals surface area (Å²) in [4.78, 5) is 38.0. The molecule has 25 heavy (non-hydrogen) atoms. The Labute approximate surface area is 152 Å². The molecule has 1 saturated carbocycles. The number of rotatable bonds is 6. The van der Waals surface area contributed by atoms with Gasteiger partial charge in [0, 0.05) is 24.5 Å². The number of hydrogen-bond acceptors (Lipinski definition) is 3. The molecule has 1 saturated heterocycles. The van der Waals surface area contributed by atoms with Gasteiger partial charge in [-0.3, -0.25) is 19.3 Å². The van der Waals surface area contributed by atoms with Gasteiger partial charge in [-0.1, -0.05) is 36.6 Å². The summed E-state index contributed by atoms with van der Waals surface area (Å²) in [5, 5.41) is 3.51. The average molecular weight is 363 g/mol. The van der Waals surface area contributed by atoms with E-state index in [4.69, 9.17) is 11.6 Å². The number of imide groups is 1. The Morgan fingerprint density at radius 2 is 1.84 bits per heavy atom. The first-order chi connectivity index (χ1) is 12.1. The lowest BCUT2D eigenvalue weighted by atomic mass is 9.81. The van der Waals surface area contributed by atoms with Gasteiger partial charge in [0.2, 0.25) is 17.7 Å². The minimum absolute atomic E-state index is 0.0820. The highest BCUT2D eigenvalue weighted by Gasteiger charge is 2.47. The first-order valence-corrected chi connectivity index (χ1v) is 9.30. The number of nitrogens with zero attached hydrogens (tertiary/aromatic N) is 1. The van der Waals surface area contributed by atoms with Crippen LogP contribution in [0.4, 0.5) is 0 Å². The van der Waals surface area contributed by atoms with Gasteiger partial charge in [-0.15, -0.1) is 0 Å². The second-order valence-electron chi connectivity index (χ2n) is 6.81. The molecule has 1 aromatic carbocycles. The number of fused-ring (bicyclic) bond motifs is 1. The monoisotopic (exact) mass is 362 g/mol. The Hall–Kier alpha value is -1.88. The highest BCUT2D eigenvalue weighted by atomic mass is 35.5. The molecule has 134 valence electrons. The normalized spacial score (nSPS) is 22.8. The number of carbonyl (C=O) groups is 3. The Morgan fingerprint density at radius 3 is 2.48 bits per heavy atom. The predicted octanol–water partition coefficient (Wildman–Crippen LogP) is 2.56. The molecule has 0 unspecified atom stereocenters. The lowest BCUT2D eigenvalue weighted by molar-refractivity contribution is -0.140. The van der Waals surface area contributed by atoms with E-state index in [0.29, 0.717) is 18.0 Å². The Morgan fingerprint density at radius 1 is 1.16 bits per heavy atom. The molecule has 1 aliphatic heterocycles. The maximum Gasteiger partial charge on any atom is 0.233 e. The fourth-order valence-electron chi connectivity index (χ4n) is 3.79. The van der Waals surface area contributed by atoms with Crippen LogP contribution < -0.4 is 5.32 Å². The Kier molecular flexibility index (Phi) is 5.74. The van der Waals surface area contributed by atoms with Crippen molar-refractivity contribution in [3.8, 4) is 0 Å². The lowest BCUT2D eigenvalue weighted by Crippen LogP contribution is -2.35. The molecule has 1 aliphatic carbocycles. The molecule has 2 fully saturated rings. The molecule has 1 heterocycles. The van der Waals surface area contributed by atoms with E-state index in [2.05, 4.69) is 5.32 Å². The summed E-state index contributed by atoms with van der Waals surface area (Å²) in [5.41, 5.74) is 1.06. The van der Waals surface area contributed by atoms with Crippen molar-refractivity contribution in [3.05, 3.63) is 34.9 Å². The van der Waals surface area contributed by atoms with E-state index in [1.165, 1.54) is 4.90 Å². The standard InChI is InChI=1S/C19H23ClN2O3/c20-14-5-3-4-13(12-14)8-10-21-17(23)9-11-22-18(24)15-6-1-2-7-16(15)19(22)25/h3-5,12,15-16H,1-2,6-11H2,(H,21,23)/t15-,16+. The van der Waals surface area contributed by atoms with Crippen molar-refractivity contribution in [2.75, 3.05) is 13.1 Å². The second kappa shape index (κ2) is 8.00. The van der Waals surface area contributed by atoms with Crippen LogP contribution in [-0.2, 0) is 20.8 Å². The molecule has 0 aromatic heterocycles. The topological polar surface area (TPSA) is 66.5 Å². The van der Waals surface area contributed by atoms with Gasteiger partial charge in [-0.05, 0) is 37.0 Å². The van der Waals surface area contributed by atoms with Crippen molar-refractivity contribution in [2.45, 2.75) is 38.5 Å². The molecule has 3 amide bonds. The lowest BCUT2D eigenvalue weighted by Gasteiger charge is -2.19. The van der Waals surface area contributed by atoms with Gasteiger partial charge in [-0.2, -0.15) is 0 Å². The van der Waals surface area contributed by atoms with Crippen LogP contribution in [0.5, 0.6) is 0 Å². The van der Waals surface area contributed by atoms with Gasteiger partial charge in [-0.25, -0.2) is 0 Å². The summed E-state index contributed by atoms with van der Waals surface area (Å²) >= 11 is 5.93. The second-order valence-corrected chi connectivity index (χ2v) is 7.24. The highest BCUT2D eigenvalue weighted by molar-refractivity contribution is 6.30. The number of likely N-dealkylation sites (tertiary alicyclic amines) is 1. The third-order valence-corrected chi connectivity index (χ3v) is 5.35. The van der Waals surface area contributed by atoms with E-state index in [1.54, 1.807) is 0 Å². The van der Waals surface area contributed by atoms with Gasteiger partial charge in [0.05, 0.1) is 11.8 Å². The number of benzene rings is 1. The Bertz CT molecular complexity index is 652. The molecule has 3 rings (SSSR count). The zero-order chi connectivity index (χ0) is 17.8. The van der Waals surface area contributed by atoms with Crippen LogP contribution in [0.1, 0.15) is 37.7 Å². The van der Waals surface area contributed by atoms with E-state index in [-0.39, 0.29) is 42.5 Å². The first-order valence-electron chi connectivity index (χ1n) is 8.92. The SMILES string of the molecule is O=C(CCN1C(=O)[C@H]2CCCC[C@H]2C1=O)NCCc1cccc(Cl)c1. The third kappa shape index (κ3) is 4.21. The largest absolute Gasteiger partial charge is 0.356 e. The molecule has 0 spiro atoms. The van der Waals surface area contributed by atoms with Crippen LogP contribution in [0.2, 0.25) is 5.02 Å². The molecule has 5 nitrogen and oxygen atoms in total. The molecule has 0 radical (unpaired) electrons. The smallest absolute Gasteiger partial charge is 0.233 e. The van der Waals surface area contributed by atoms with Crippen LogP contribution in [0.25, 0.3) is 0 Å². The van der Waals surface area contributed by atoms with Crippen molar-refractivity contribution in [1.29, 1.82) is 0 Å². The van der Waals surface area contributed by atoms with Gasteiger partial charge in [0.1, 0.15) is 0 Å². The first kappa shape index (κ1) is 17.9. The average Bonchev–Trinajstić information content (AvgIpc) is 2.85. The van der Waals surface area contributed by atoms with Crippen molar-refractivity contribution in [1.82, 2.24) is 10.2 Å². The van der Waals surface area contributed by atoms with E-state index in [0.717, 1.165) is 31.2 Å². The zero-order valence-corrected chi connectivity index (χ0v) is 14.9. The number of halogens is 1. The number of amides is 3. The fraction of sp³-hybridized carbons (Fsp3) is 0.526. The summed E-state index contributed by atoms with van der Waals surface area (Å²) in [6, 6.07) is 7.52. The van der Waals surface area contributed by atoms with Gasteiger partial charge < -0.3 is 5.32 Å². The molecule has 1 N–H and O–H groups in total. The number of nitrogens with one attached hydrogen (secondary N) is 1. The van der Waals surface area contributed by atoms with Crippen LogP contribution in [0, 0.1) is 11.8 Å². The molecule has 6 heteroatoms.